The molecule has 6 heteroatoms. The molecule has 0 radical (unpaired) electrons. The molecule has 0 atom stereocenters. The summed E-state index contributed by atoms with van der Waals surface area (Å²) in [6, 6.07) is 7.81. The highest BCUT2D eigenvalue weighted by Crippen LogP contribution is 2.32. The Morgan fingerprint density at radius 1 is 1.19 bits per heavy atom. The molecule has 0 unspecified atom stereocenters. The smallest absolute Gasteiger partial charge is 0.225 e. The minimum absolute atomic E-state index is 0.219. The monoisotopic (exact) mass is 368 g/mol. The molecule has 2 fully saturated rings. The molecule has 0 N–H and O–H groups in total. The molecule has 1 aliphatic heterocycles. The van der Waals surface area contributed by atoms with Gasteiger partial charge in [0.25, 0.3) is 0 Å². The fourth-order valence-corrected chi connectivity index (χ4v) is 4.33. The Bertz CT molecular complexity index is 877. The summed E-state index contributed by atoms with van der Waals surface area (Å²) < 4.78 is 0. The summed E-state index contributed by atoms with van der Waals surface area (Å²) in [5.74, 6) is 0.530. The van der Waals surface area contributed by atoms with Crippen LogP contribution in [0.4, 0.5) is 5.69 Å². The van der Waals surface area contributed by atoms with Crippen molar-refractivity contribution in [3.8, 4) is 6.07 Å². The third kappa shape index (κ3) is 3.10. The van der Waals surface area contributed by atoms with E-state index in [-0.39, 0.29) is 5.92 Å². The van der Waals surface area contributed by atoms with E-state index in [1.54, 1.807) is 6.20 Å². The molecule has 1 saturated heterocycles. The van der Waals surface area contributed by atoms with Gasteiger partial charge in [-0.3, -0.25) is 9.78 Å². The van der Waals surface area contributed by atoms with Crippen molar-refractivity contribution in [1.82, 2.24) is 9.88 Å². The maximum absolute atomic E-state index is 12.7. The molecule has 1 saturated carbocycles. The van der Waals surface area contributed by atoms with Crippen molar-refractivity contribution in [1.29, 1.82) is 5.26 Å². The number of nitriles is 1. The first-order valence-electron chi connectivity index (χ1n) is 9.19. The molecular weight excluding hydrogens is 348 g/mol. The Kier molecular flexibility index (Phi) is 4.69. The molecule has 1 amide bonds. The van der Waals surface area contributed by atoms with Crippen LogP contribution < -0.4 is 4.90 Å². The molecule has 26 heavy (non-hydrogen) atoms. The number of rotatable bonds is 2. The maximum atomic E-state index is 12.7. The Labute approximate surface area is 158 Å². The average Bonchev–Trinajstić information content (AvgIpc) is 3.21. The van der Waals surface area contributed by atoms with Crippen LogP contribution >= 0.6 is 11.6 Å². The van der Waals surface area contributed by atoms with E-state index in [1.165, 1.54) is 12.8 Å². The van der Waals surface area contributed by atoms with Gasteiger partial charge < -0.3 is 9.80 Å². The number of fused-ring (bicyclic) bond motifs is 1. The van der Waals surface area contributed by atoms with Crippen molar-refractivity contribution in [2.75, 3.05) is 31.1 Å². The van der Waals surface area contributed by atoms with Crippen molar-refractivity contribution >= 4 is 34.1 Å². The number of halogens is 1. The molecular formula is C20H21ClN4O. The molecule has 5 nitrogen and oxygen atoms in total. The highest BCUT2D eigenvalue weighted by molar-refractivity contribution is 6.31. The Morgan fingerprint density at radius 2 is 1.92 bits per heavy atom. The summed E-state index contributed by atoms with van der Waals surface area (Å²) >= 11 is 6.18. The second-order valence-electron chi connectivity index (χ2n) is 7.09. The predicted octanol–water partition coefficient (Wildman–Crippen LogP) is 3.60. The molecule has 1 aliphatic carbocycles. The second-order valence-corrected chi connectivity index (χ2v) is 7.52. The number of piperazine rings is 1. The van der Waals surface area contributed by atoms with Gasteiger partial charge in [-0.25, -0.2) is 0 Å². The summed E-state index contributed by atoms with van der Waals surface area (Å²) in [5, 5.41) is 11.1. The lowest BCUT2D eigenvalue weighted by Crippen LogP contribution is -2.50. The van der Waals surface area contributed by atoms with Crippen LogP contribution in [-0.2, 0) is 4.79 Å². The number of anilines is 1. The zero-order valence-electron chi connectivity index (χ0n) is 14.6. The number of carbonyl (C=O) groups is 1. The highest BCUT2D eigenvalue weighted by Gasteiger charge is 2.30. The first kappa shape index (κ1) is 17.1. The van der Waals surface area contributed by atoms with E-state index in [1.807, 2.05) is 23.1 Å². The van der Waals surface area contributed by atoms with E-state index < -0.39 is 0 Å². The molecule has 0 bridgehead atoms. The topological polar surface area (TPSA) is 60.2 Å². The number of hydrogen-bond acceptors (Lipinski definition) is 4. The molecule has 4 rings (SSSR count). The van der Waals surface area contributed by atoms with Crippen LogP contribution in [0.2, 0.25) is 5.02 Å². The van der Waals surface area contributed by atoms with E-state index in [9.17, 15) is 10.1 Å². The molecule has 2 aliphatic rings. The molecule has 2 aromatic rings. The number of aromatic nitrogens is 1. The third-order valence-electron chi connectivity index (χ3n) is 5.53. The predicted molar refractivity (Wildman–Crippen MR) is 102 cm³/mol. The lowest BCUT2D eigenvalue weighted by Gasteiger charge is -2.38. The number of nitrogens with zero attached hydrogens (tertiary/aromatic N) is 4. The zero-order valence-corrected chi connectivity index (χ0v) is 15.4. The van der Waals surface area contributed by atoms with Crippen LogP contribution in [0, 0.1) is 17.2 Å². The van der Waals surface area contributed by atoms with Gasteiger partial charge in [0.15, 0.2) is 0 Å². The van der Waals surface area contributed by atoms with Crippen LogP contribution in [0.3, 0.4) is 0 Å². The second kappa shape index (κ2) is 7.13. The van der Waals surface area contributed by atoms with Crippen molar-refractivity contribution in [2.45, 2.75) is 25.7 Å². The van der Waals surface area contributed by atoms with E-state index in [0.717, 1.165) is 42.5 Å². The SMILES string of the molecule is N#Cc1cnc2ccc(Cl)cc2c1N1CCN(C(=O)C2CCCC2)CC1. The minimum atomic E-state index is 0.219. The minimum Gasteiger partial charge on any atom is -0.366 e. The normalized spacial score (nSPS) is 18.3. The first-order chi connectivity index (χ1) is 12.7. The van der Waals surface area contributed by atoms with Crippen LogP contribution in [0.5, 0.6) is 0 Å². The van der Waals surface area contributed by atoms with Gasteiger partial charge in [-0.1, -0.05) is 24.4 Å². The number of benzene rings is 1. The van der Waals surface area contributed by atoms with Crippen molar-refractivity contribution in [3.63, 3.8) is 0 Å². The summed E-state index contributed by atoms with van der Waals surface area (Å²) in [5.41, 5.74) is 2.26. The van der Waals surface area contributed by atoms with Gasteiger partial charge in [-0.15, -0.1) is 0 Å². The van der Waals surface area contributed by atoms with Crippen LogP contribution in [-0.4, -0.2) is 42.0 Å². The Hall–Kier alpha value is -2.32. The fourth-order valence-electron chi connectivity index (χ4n) is 4.15. The summed E-state index contributed by atoms with van der Waals surface area (Å²) in [7, 11) is 0. The zero-order chi connectivity index (χ0) is 18.1. The van der Waals surface area contributed by atoms with Crippen LogP contribution in [0.1, 0.15) is 31.2 Å². The summed E-state index contributed by atoms with van der Waals surface area (Å²) in [6.07, 6.45) is 6.04. The third-order valence-corrected chi connectivity index (χ3v) is 5.77. The van der Waals surface area contributed by atoms with Gasteiger partial charge in [0.1, 0.15) is 6.07 Å². The standard InChI is InChI=1S/C20H21ClN4O/c21-16-5-6-18-17(11-16)19(15(12-22)13-23-18)24-7-9-25(10-8-24)20(26)14-3-1-2-4-14/h5-6,11,13-14H,1-4,7-10H2. The average molecular weight is 369 g/mol. The molecule has 1 aromatic carbocycles. The van der Waals surface area contributed by atoms with Crippen LogP contribution in [0.25, 0.3) is 10.9 Å². The molecule has 0 spiro atoms. The van der Waals surface area contributed by atoms with Crippen molar-refractivity contribution in [3.05, 3.63) is 35.0 Å². The first-order valence-corrected chi connectivity index (χ1v) is 9.57. The van der Waals surface area contributed by atoms with E-state index in [4.69, 9.17) is 11.6 Å². The number of pyridine rings is 1. The number of amides is 1. The van der Waals surface area contributed by atoms with Crippen molar-refractivity contribution in [2.24, 2.45) is 5.92 Å². The van der Waals surface area contributed by atoms with Crippen LogP contribution in [0.15, 0.2) is 24.4 Å². The van der Waals surface area contributed by atoms with Gasteiger partial charge in [0.2, 0.25) is 5.91 Å². The highest BCUT2D eigenvalue weighted by atomic mass is 35.5. The van der Waals surface area contributed by atoms with Gasteiger partial charge in [-0.05, 0) is 31.0 Å². The summed E-state index contributed by atoms with van der Waals surface area (Å²) in [4.78, 5) is 21.2. The largest absolute Gasteiger partial charge is 0.366 e. The fraction of sp³-hybridized carbons (Fsp3) is 0.450. The number of hydrogen-bond donors (Lipinski definition) is 0. The molecule has 1 aromatic heterocycles. The maximum Gasteiger partial charge on any atom is 0.225 e. The lowest BCUT2D eigenvalue weighted by atomic mass is 10.1. The van der Waals surface area contributed by atoms with Gasteiger partial charge in [0, 0.05) is 48.7 Å². The Morgan fingerprint density at radius 3 is 2.62 bits per heavy atom. The lowest BCUT2D eigenvalue weighted by molar-refractivity contribution is -0.135. The quantitative estimate of drug-likeness (QED) is 0.812. The Balaban J connectivity index is 1.58. The van der Waals surface area contributed by atoms with E-state index >= 15 is 0 Å². The van der Waals surface area contributed by atoms with E-state index in [0.29, 0.717) is 29.6 Å². The van der Waals surface area contributed by atoms with Gasteiger partial charge >= 0.3 is 0 Å². The van der Waals surface area contributed by atoms with Gasteiger partial charge in [0.05, 0.1) is 16.8 Å². The van der Waals surface area contributed by atoms with Crippen molar-refractivity contribution < 1.29 is 4.79 Å². The van der Waals surface area contributed by atoms with E-state index in [2.05, 4.69) is 16.0 Å². The summed E-state index contributed by atoms with van der Waals surface area (Å²) in [6.45, 7) is 2.84. The van der Waals surface area contributed by atoms with Gasteiger partial charge in [-0.2, -0.15) is 5.26 Å². The number of carbonyl (C=O) groups excluding carboxylic acids is 1. The molecule has 134 valence electrons. The molecule has 2 heterocycles.